The summed E-state index contributed by atoms with van der Waals surface area (Å²) in [6, 6.07) is -0.194. The molecule has 1 heterocycles. The van der Waals surface area contributed by atoms with E-state index in [1.807, 2.05) is 6.92 Å². The summed E-state index contributed by atoms with van der Waals surface area (Å²) in [5, 5.41) is 5.96. The SMILES string of the molecule is C=CCNC(=O)C(C)NCC1(C)CCCO1. The fourth-order valence-corrected chi connectivity index (χ4v) is 1.76. The number of nitrogens with one attached hydrogen (secondary N) is 2. The van der Waals surface area contributed by atoms with Crippen molar-refractivity contribution in [2.75, 3.05) is 19.7 Å². The van der Waals surface area contributed by atoms with Crippen LogP contribution in [0.25, 0.3) is 0 Å². The molecule has 0 radical (unpaired) electrons. The van der Waals surface area contributed by atoms with Crippen molar-refractivity contribution >= 4 is 5.91 Å². The van der Waals surface area contributed by atoms with E-state index in [9.17, 15) is 4.79 Å². The number of hydrogen-bond acceptors (Lipinski definition) is 3. The van der Waals surface area contributed by atoms with Gasteiger partial charge in [0.15, 0.2) is 0 Å². The molecule has 4 nitrogen and oxygen atoms in total. The van der Waals surface area contributed by atoms with E-state index in [0.717, 1.165) is 26.0 Å². The predicted octanol–water partition coefficient (Wildman–Crippen LogP) is 0.836. The van der Waals surface area contributed by atoms with Gasteiger partial charge in [-0.25, -0.2) is 0 Å². The second kappa shape index (κ2) is 6.01. The Morgan fingerprint density at radius 1 is 1.69 bits per heavy atom. The van der Waals surface area contributed by atoms with Crippen LogP contribution >= 0.6 is 0 Å². The zero-order valence-corrected chi connectivity index (χ0v) is 10.2. The summed E-state index contributed by atoms with van der Waals surface area (Å²) in [5.41, 5.74) is -0.104. The molecule has 2 N–H and O–H groups in total. The van der Waals surface area contributed by atoms with Crippen molar-refractivity contribution in [2.24, 2.45) is 0 Å². The summed E-state index contributed by atoms with van der Waals surface area (Å²) in [4.78, 5) is 11.5. The topological polar surface area (TPSA) is 50.4 Å². The van der Waals surface area contributed by atoms with Crippen molar-refractivity contribution in [3.63, 3.8) is 0 Å². The number of rotatable bonds is 6. The third-order valence-electron chi connectivity index (χ3n) is 2.90. The van der Waals surface area contributed by atoms with E-state index in [4.69, 9.17) is 4.74 Å². The highest BCUT2D eigenvalue weighted by Crippen LogP contribution is 2.23. The van der Waals surface area contributed by atoms with Crippen molar-refractivity contribution in [1.29, 1.82) is 0 Å². The molecule has 1 amide bonds. The molecule has 0 spiro atoms. The zero-order chi connectivity index (χ0) is 12.0. The number of hydrogen-bond donors (Lipinski definition) is 2. The highest BCUT2D eigenvalue weighted by Gasteiger charge is 2.30. The van der Waals surface area contributed by atoms with E-state index in [-0.39, 0.29) is 17.6 Å². The third-order valence-corrected chi connectivity index (χ3v) is 2.90. The van der Waals surface area contributed by atoms with Crippen molar-refractivity contribution in [2.45, 2.75) is 38.3 Å². The van der Waals surface area contributed by atoms with Crippen molar-refractivity contribution < 1.29 is 9.53 Å². The van der Waals surface area contributed by atoms with Crippen LogP contribution in [0, 0.1) is 0 Å². The van der Waals surface area contributed by atoms with E-state index in [0.29, 0.717) is 6.54 Å². The Hall–Kier alpha value is -0.870. The normalized spacial score (nSPS) is 26.4. The Morgan fingerprint density at radius 2 is 2.44 bits per heavy atom. The molecule has 0 aromatic heterocycles. The predicted molar refractivity (Wildman–Crippen MR) is 64.3 cm³/mol. The van der Waals surface area contributed by atoms with E-state index in [1.54, 1.807) is 6.08 Å². The van der Waals surface area contributed by atoms with E-state index >= 15 is 0 Å². The average Bonchev–Trinajstić information content (AvgIpc) is 2.70. The molecule has 2 atom stereocenters. The monoisotopic (exact) mass is 226 g/mol. The van der Waals surface area contributed by atoms with Crippen molar-refractivity contribution in [3.8, 4) is 0 Å². The van der Waals surface area contributed by atoms with Gasteiger partial charge in [0.05, 0.1) is 11.6 Å². The van der Waals surface area contributed by atoms with Crippen LogP contribution in [0.5, 0.6) is 0 Å². The molecule has 4 heteroatoms. The molecule has 1 fully saturated rings. The van der Waals surface area contributed by atoms with Gasteiger partial charge < -0.3 is 15.4 Å². The standard InChI is InChI=1S/C12H22N2O2/c1-4-7-13-11(15)10(2)14-9-12(3)6-5-8-16-12/h4,10,14H,1,5-9H2,2-3H3,(H,13,15). The zero-order valence-electron chi connectivity index (χ0n) is 10.2. The molecule has 1 aliphatic heterocycles. The highest BCUT2D eigenvalue weighted by molar-refractivity contribution is 5.81. The molecular weight excluding hydrogens is 204 g/mol. The van der Waals surface area contributed by atoms with E-state index in [1.165, 1.54) is 0 Å². The van der Waals surface area contributed by atoms with Gasteiger partial charge in [-0.05, 0) is 26.7 Å². The summed E-state index contributed by atoms with van der Waals surface area (Å²) in [5.74, 6) is 0.00139. The first kappa shape index (κ1) is 13.2. The Bertz CT molecular complexity index is 247. The maximum absolute atomic E-state index is 11.5. The van der Waals surface area contributed by atoms with Gasteiger partial charge in [0.2, 0.25) is 5.91 Å². The van der Waals surface area contributed by atoms with Crippen LogP contribution < -0.4 is 10.6 Å². The number of carbonyl (C=O) groups is 1. The smallest absolute Gasteiger partial charge is 0.237 e. The van der Waals surface area contributed by atoms with E-state index in [2.05, 4.69) is 24.1 Å². The van der Waals surface area contributed by atoms with Gasteiger partial charge in [-0.15, -0.1) is 6.58 Å². The molecule has 0 aromatic rings. The minimum Gasteiger partial charge on any atom is -0.374 e. The van der Waals surface area contributed by atoms with Crippen LogP contribution in [0.4, 0.5) is 0 Å². The van der Waals surface area contributed by atoms with Crippen LogP contribution in [0.2, 0.25) is 0 Å². The Balaban J connectivity index is 2.25. The maximum atomic E-state index is 11.5. The molecule has 0 aliphatic carbocycles. The van der Waals surface area contributed by atoms with Gasteiger partial charge in [-0.3, -0.25) is 4.79 Å². The third kappa shape index (κ3) is 3.94. The minimum atomic E-state index is -0.194. The summed E-state index contributed by atoms with van der Waals surface area (Å²) in [6.07, 6.45) is 3.84. The molecule has 1 saturated heterocycles. The van der Waals surface area contributed by atoms with Gasteiger partial charge >= 0.3 is 0 Å². The second-order valence-electron chi connectivity index (χ2n) is 4.54. The molecule has 16 heavy (non-hydrogen) atoms. The Morgan fingerprint density at radius 3 is 3.00 bits per heavy atom. The fraction of sp³-hybridized carbons (Fsp3) is 0.750. The quantitative estimate of drug-likeness (QED) is 0.660. The van der Waals surface area contributed by atoms with Crippen molar-refractivity contribution in [3.05, 3.63) is 12.7 Å². The Labute approximate surface area is 97.4 Å². The highest BCUT2D eigenvalue weighted by atomic mass is 16.5. The van der Waals surface area contributed by atoms with Crippen LogP contribution in [0.1, 0.15) is 26.7 Å². The van der Waals surface area contributed by atoms with E-state index < -0.39 is 0 Å². The lowest BCUT2D eigenvalue weighted by molar-refractivity contribution is -0.122. The largest absolute Gasteiger partial charge is 0.374 e. The summed E-state index contributed by atoms with van der Waals surface area (Å²) in [6.45, 7) is 9.56. The van der Waals surface area contributed by atoms with Crippen LogP contribution in [0.15, 0.2) is 12.7 Å². The molecule has 2 unspecified atom stereocenters. The number of ether oxygens (including phenoxy) is 1. The molecule has 92 valence electrons. The van der Waals surface area contributed by atoms with Crippen LogP contribution in [-0.2, 0) is 9.53 Å². The first-order valence-electron chi connectivity index (χ1n) is 5.83. The van der Waals surface area contributed by atoms with Crippen LogP contribution in [-0.4, -0.2) is 37.2 Å². The molecule has 1 rings (SSSR count). The lowest BCUT2D eigenvalue weighted by atomic mass is 10.0. The average molecular weight is 226 g/mol. The van der Waals surface area contributed by atoms with Crippen molar-refractivity contribution in [1.82, 2.24) is 10.6 Å². The lowest BCUT2D eigenvalue weighted by Crippen LogP contribution is -2.47. The molecule has 0 bridgehead atoms. The first-order valence-corrected chi connectivity index (χ1v) is 5.83. The van der Waals surface area contributed by atoms with Gasteiger partial charge in [0.25, 0.3) is 0 Å². The summed E-state index contributed by atoms with van der Waals surface area (Å²) >= 11 is 0. The Kier molecular flexibility index (Phi) is 4.96. The van der Waals surface area contributed by atoms with Gasteiger partial charge in [0.1, 0.15) is 0 Å². The molecule has 0 saturated carbocycles. The number of amides is 1. The molecular formula is C12H22N2O2. The van der Waals surface area contributed by atoms with Gasteiger partial charge in [0, 0.05) is 19.7 Å². The first-order chi connectivity index (χ1) is 7.57. The molecule has 0 aromatic carbocycles. The summed E-state index contributed by atoms with van der Waals surface area (Å²) in [7, 11) is 0. The van der Waals surface area contributed by atoms with Gasteiger partial charge in [-0.1, -0.05) is 6.08 Å². The van der Waals surface area contributed by atoms with Crippen LogP contribution in [0.3, 0.4) is 0 Å². The fourth-order valence-electron chi connectivity index (χ4n) is 1.76. The van der Waals surface area contributed by atoms with Gasteiger partial charge in [-0.2, -0.15) is 0 Å². The summed E-state index contributed by atoms with van der Waals surface area (Å²) < 4.78 is 5.64. The second-order valence-corrected chi connectivity index (χ2v) is 4.54. The molecule has 1 aliphatic rings. The number of carbonyl (C=O) groups excluding carboxylic acids is 1. The lowest BCUT2D eigenvalue weighted by Gasteiger charge is -2.25. The minimum absolute atomic E-state index is 0.00139. The maximum Gasteiger partial charge on any atom is 0.237 e.